The predicted molar refractivity (Wildman–Crippen MR) is 117 cm³/mol. The Morgan fingerprint density at radius 2 is 1.66 bits per heavy atom. The second-order valence-corrected chi connectivity index (χ2v) is 8.94. The molecular weight excluding hydrogens is 432 g/mol. The second-order valence-electron chi connectivity index (χ2n) is 7.32. The number of benzene rings is 1. The van der Waals surface area contributed by atoms with Crippen molar-refractivity contribution in [3.05, 3.63) is 64.8 Å². The molecular formula is C21H22N6O4S. The van der Waals surface area contributed by atoms with Crippen LogP contribution in [0.15, 0.2) is 45.8 Å². The molecule has 1 aromatic carbocycles. The monoisotopic (exact) mass is 454 g/mol. The number of sulfonamides is 1. The van der Waals surface area contributed by atoms with Gasteiger partial charge in [0.05, 0.1) is 5.69 Å². The smallest absolute Gasteiger partial charge is 0.267 e. The molecule has 0 atom stereocenters. The molecule has 0 unspecified atom stereocenters. The fourth-order valence-electron chi connectivity index (χ4n) is 3.20. The first-order valence-corrected chi connectivity index (χ1v) is 11.2. The standard InChI is InChI=1S/C21H22N6O4S/c1-12-13(2)24-27(15(12)4)19-10-11-20(23-22-19)30-18-8-6-17(7-9-18)26-32(28,29)21-14(3)25-31-16(21)5/h6-11,26H,1-5H3. The van der Waals surface area contributed by atoms with Gasteiger partial charge in [0.25, 0.3) is 10.0 Å². The highest BCUT2D eigenvalue weighted by molar-refractivity contribution is 7.92. The van der Waals surface area contributed by atoms with Gasteiger partial charge in [-0.1, -0.05) is 5.16 Å². The summed E-state index contributed by atoms with van der Waals surface area (Å²) in [6.45, 7) is 9.06. The summed E-state index contributed by atoms with van der Waals surface area (Å²) >= 11 is 0. The summed E-state index contributed by atoms with van der Waals surface area (Å²) in [5, 5.41) is 16.5. The summed E-state index contributed by atoms with van der Waals surface area (Å²) in [4.78, 5) is 0.0333. The lowest BCUT2D eigenvalue weighted by molar-refractivity contribution is 0.390. The summed E-state index contributed by atoms with van der Waals surface area (Å²) in [6, 6.07) is 9.91. The zero-order chi connectivity index (χ0) is 23.0. The first-order valence-electron chi connectivity index (χ1n) is 9.76. The minimum absolute atomic E-state index is 0.0333. The number of nitrogens with one attached hydrogen (secondary N) is 1. The van der Waals surface area contributed by atoms with Crippen molar-refractivity contribution in [3.8, 4) is 17.4 Å². The second kappa shape index (κ2) is 8.08. The molecule has 0 amide bonds. The Morgan fingerprint density at radius 3 is 2.19 bits per heavy atom. The van der Waals surface area contributed by atoms with Gasteiger partial charge in [-0.05, 0) is 70.5 Å². The van der Waals surface area contributed by atoms with Gasteiger partial charge in [0, 0.05) is 17.4 Å². The van der Waals surface area contributed by atoms with Gasteiger partial charge >= 0.3 is 0 Å². The summed E-state index contributed by atoms with van der Waals surface area (Å²) in [5.41, 5.74) is 3.72. The topological polar surface area (TPSA) is 125 Å². The molecule has 11 heteroatoms. The molecule has 0 fully saturated rings. The highest BCUT2D eigenvalue weighted by Crippen LogP contribution is 2.25. The molecule has 0 aliphatic carbocycles. The Labute approximate surface area is 185 Å². The van der Waals surface area contributed by atoms with E-state index in [4.69, 9.17) is 9.26 Å². The molecule has 0 radical (unpaired) electrons. The molecule has 0 aliphatic heterocycles. The van der Waals surface area contributed by atoms with Crippen LogP contribution in [0.2, 0.25) is 0 Å². The van der Waals surface area contributed by atoms with E-state index >= 15 is 0 Å². The van der Waals surface area contributed by atoms with E-state index in [-0.39, 0.29) is 10.7 Å². The number of rotatable bonds is 6. The van der Waals surface area contributed by atoms with Crippen molar-refractivity contribution in [2.45, 2.75) is 39.5 Å². The maximum Gasteiger partial charge on any atom is 0.267 e. The Hall–Kier alpha value is -3.73. The Bertz CT molecular complexity index is 1350. The molecule has 1 N–H and O–H groups in total. The fraction of sp³-hybridized carbons (Fsp3) is 0.238. The van der Waals surface area contributed by atoms with Gasteiger partial charge in [0.2, 0.25) is 5.88 Å². The Morgan fingerprint density at radius 1 is 0.938 bits per heavy atom. The third kappa shape index (κ3) is 4.06. The van der Waals surface area contributed by atoms with E-state index in [0.717, 1.165) is 17.0 Å². The van der Waals surface area contributed by atoms with Gasteiger partial charge in [-0.2, -0.15) is 5.10 Å². The van der Waals surface area contributed by atoms with E-state index in [1.54, 1.807) is 54.9 Å². The SMILES string of the molecule is Cc1nn(-c2ccc(Oc3ccc(NS(=O)(=O)c4c(C)noc4C)cc3)nn2)c(C)c1C. The quantitative estimate of drug-likeness (QED) is 0.466. The van der Waals surface area contributed by atoms with Crippen LogP contribution in [-0.2, 0) is 10.0 Å². The van der Waals surface area contributed by atoms with Crippen LogP contribution in [0.1, 0.15) is 28.4 Å². The third-order valence-corrected chi connectivity index (χ3v) is 6.69. The number of ether oxygens (including phenoxy) is 1. The molecule has 166 valence electrons. The summed E-state index contributed by atoms with van der Waals surface area (Å²) in [6.07, 6.45) is 0. The number of hydrogen-bond donors (Lipinski definition) is 1. The summed E-state index contributed by atoms with van der Waals surface area (Å²) in [7, 11) is -3.82. The molecule has 0 aliphatic rings. The molecule has 0 saturated heterocycles. The number of hydrogen-bond acceptors (Lipinski definition) is 8. The predicted octanol–water partition coefficient (Wildman–Crippen LogP) is 3.79. The van der Waals surface area contributed by atoms with Gasteiger partial charge in [-0.3, -0.25) is 4.72 Å². The molecule has 4 aromatic rings. The van der Waals surface area contributed by atoms with Crippen molar-refractivity contribution in [1.82, 2.24) is 25.1 Å². The molecule has 3 heterocycles. The fourth-order valence-corrected chi connectivity index (χ4v) is 4.59. The van der Waals surface area contributed by atoms with Crippen LogP contribution < -0.4 is 9.46 Å². The number of nitrogens with zero attached hydrogens (tertiary/aromatic N) is 5. The Kier molecular flexibility index (Phi) is 5.43. The maximum absolute atomic E-state index is 12.6. The number of anilines is 1. The van der Waals surface area contributed by atoms with Crippen molar-refractivity contribution in [2.75, 3.05) is 4.72 Å². The molecule has 32 heavy (non-hydrogen) atoms. The van der Waals surface area contributed by atoms with Crippen LogP contribution in [0.3, 0.4) is 0 Å². The lowest BCUT2D eigenvalue weighted by atomic mass is 10.2. The van der Waals surface area contributed by atoms with Crippen LogP contribution in [0.4, 0.5) is 5.69 Å². The van der Waals surface area contributed by atoms with Gasteiger partial charge in [0.15, 0.2) is 16.5 Å². The van der Waals surface area contributed by atoms with Gasteiger partial charge in [-0.25, -0.2) is 13.1 Å². The minimum atomic E-state index is -3.82. The highest BCUT2D eigenvalue weighted by atomic mass is 32.2. The molecule has 4 rings (SSSR count). The highest BCUT2D eigenvalue weighted by Gasteiger charge is 2.24. The van der Waals surface area contributed by atoms with E-state index in [2.05, 4.69) is 25.2 Å². The Balaban J connectivity index is 1.46. The van der Waals surface area contributed by atoms with E-state index in [1.165, 1.54) is 0 Å². The van der Waals surface area contributed by atoms with E-state index in [0.29, 0.717) is 28.8 Å². The largest absolute Gasteiger partial charge is 0.438 e. The molecule has 0 bridgehead atoms. The van der Waals surface area contributed by atoms with E-state index in [1.807, 2.05) is 20.8 Å². The molecule has 0 spiro atoms. The normalized spacial score (nSPS) is 11.5. The van der Waals surface area contributed by atoms with Crippen LogP contribution in [0.5, 0.6) is 11.6 Å². The van der Waals surface area contributed by atoms with Crippen LogP contribution in [0.25, 0.3) is 5.82 Å². The third-order valence-electron chi connectivity index (χ3n) is 5.06. The lowest BCUT2D eigenvalue weighted by Crippen LogP contribution is -2.14. The van der Waals surface area contributed by atoms with Crippen molar-refractivity contribution in [3.63, 3.8) is 0 Å². The maximum atomic E-state index is 12.6. The number of aryl methyl sites for hydroxylation is 3. The van der Waals surface area contributed by atoms with Crippen molar-refractivity contribution in [2.24, 2.45) is 0 Å². The van der Waals surface area contributed by atoms with Crippen LogP contribution in [-0.4, -0.2) is 33.6 Å². The first-order chi connectivity index (χ1) is 15.2. The van der Waals surface area contributed by atoms with Gasteiger partial charge in [-0.15, -0.1) is 10.2 Å². The van der Waals surface area contributed by atoms with Crippen molar-refractivity contribution >= 4 is 15.7 Å². The molecule has 10 nitrogen and oxygen atoms in total. The summed E-state index contributed by atoms with van der Waals surface area (Å²) in [5.74, 6) is 1.60. The molecule has 3 aromatic heterocycles. The minimum Gasteiger partial charge on any atom is -0.438 e. The zero-order valence-corrected chi connectivity index (χ0v) is 19.1. The van der Waals surface area contributed by atoms with E-state index in [9.17, 15) is 8.42 Å². The van der Waals surface area contributed by atoms with Gasteiger partial charge in [0.1, 0.15) is 11.4 Å². The average molecular weight is 455 g/mol. The molecule has 0 saturated carbocycles. The lowest BCUT2D eigenvalue weighted by Gasteiger charge is -2.09. The van der Waals surface area contributed by atoms with Crippen molar-refractivity contribution in [1.29, 1.82) is 0 Å². The van der Waals surface area contributed by atoms with Crippen molar-refractivity contribution < 1.29 is 17.7 Å². The van der Waals surface area contributed by atoms with Crippen LogP contribution in [0, 0.1) is 34.6 Å². The van der Waals surface area contributed by atoms with Gasteiger partial charge < -0.3 is 9.26 Å². The van der Waals surface area contributed by atoms with E-state index < -0.39 is 10.0 Å². The average Bonchev–Trinajstić information content (AvgIpc) is 3.23. The number of aromatic nitrogens is 5. The zero-order valence-electron chi connectivity index (χ0n) is 18.2. The first kappa shape index (κ1) is 21.5. The van der Waals surface area contributed by atoms with Crippen LogP contribution >= 0.6 is 0 Å². The summed E-state index contributed by atoms with van der Waals surface area (Å²) < 4.78 is 40.1.